The Morgan fingerprint density at radius 1 is 0.964 bits per heavy atom. The van der Waals surface area contributed by atoms with Gasteiger partial charge in [0.1, 0.15) is 12.4 Å². The molecule has 1 aliphatic heterocycles. The molecule has 0 aliphatic carbocycles. The van der Waals surface area contributed by atoms with Crippen molar-refractivity contribution in [3.63, 3.8) is 0 Å². The molecule has 1 aromatic heterocycles. The monoisotopic (exact) mass is 374 g/mol. The molecule has 0 fully saturated rings. The van der Waals surface area contributed by atoms with E-state index in [2.05, 4.69) is 4.98 Å². The summed E-state index contributed by atoms with van der Waals surface area (Å²) in [5.41, 5.74) is 4.07. The number of amides is 1. The quantitative estimate of drug-likeness (QED) is 0.650. The van der Waals surface area contributed by atoms with Gasteiger partial charge in [-0.2, -0.15) is 0 Å². The molecule has 5 heteroatoms. The molecule has 1 amide bonds. The Labute approximate surface area is 164 Å². The Balaban J connectivity index is 1.56. The normalized spacial score (nSPS) is 13.2. The van der Waals surface area contributed by atoms with Gasteiger partial charge in [0.05, 0.1) is 19.3 Å². The zero-order valence-corrected chi connectivity index (χ0v) is 15.8. The van der Waals surface area contributed by atoms with E-state index in [1.165, 1.54) is 0 Å². The van der Waals surface area contributed by atoms with Gasteiger partial charge in [-0.25, -0.2) is 4.98 Å². The zero-order valence-electron chi connectivity index (χ0n) is 15.8. The molecule has 1 aliphatic rings. The molecule has 4 rings (SSSR count). The minimum Gasteiger partial charge on any atom is -0.489 e. The van der Waals surface area contributed by atoms with Crippen LogP contribution in [0.5, 0.6) is 11.6 Å². The van der Waals surface area contributed by atoms with Crippen molar-refractivity contribution in [2.24, 2.45) is 0 Å². The van der Waals surface area contributed by atoms with Crippen molar-refractivity contribution in [1.82, 2.24) is 4.98 Å². The van der Waals surface area contributed by atoms with Crippen LogP contribution < -0.4 is 14.4 Å². The van der Waals surface area contributed by atoms with Gasteiger partial charge in [0.25, 0.3) is 0 Å². The molecule has 0 bridgehead atoms. The number of carbonyl (C=O) groups is 1. The molecule has 0 spiro atoms. The fraction of sp³-hybridized carbons (Fsp3) is 0.217. The standard InChI is InChI=1S/C23H22N2O3/c1-27-22-12-10-18(14-24-22)15-25-20-8-5-9-21(19(20)11-13-23(25)26)28-16-17-6-3-2-4-7-17/h2-10,12,14H,11,13,15-16H2,1H3. The fourth-order valence-electron chi connectivity index (χ4n) is 3.41. The number of nitrogens with zero attached hydrogens (tertiary/aromatic N) is 2. The van der Waals surface area contributed by atoms with Gasteiger partial charge < -0.3 is 14.4 Å². The number of pyridine rings is 1. The van der Waals surface area contributed by atoms with E-state index in [-0.39, 0.29) is 5.91 Å². The van der Waals surface area contributed by atoms with Crippen molar-refractivity contribution < 1.29 is 14.3 Å². The summed E-state index contributed by atoms with van der Waals surface area (Å²) in [4.78, 5) is 18.7. The topological polar surface area (TPSA) is 51.7 Å². The highest BCUT2D eigenvalue weighted by atomic mass is 16.5. The van der Waals surface area contributed by atoms with Crippen LogP contribution in [0.3, 0.4) is 0 Å². The third-order valence-corrected chi connectivity index (χ3v) is 4.87. The predicted molar refractivity (Wildman–Crippen MR) is 108 cm³/mol. The van der Waals surface area contributed by atoms with Gasteiger partial charge in [-0.1, -0.05) is 42.5 Å². The van der Waals surface area contributed by atoms with E-state index in [9.17, 15) is 4.79 Å². The second kappa shape index (κ2) is 8.13. The van der Waals surface area contributed by atoms with E-state index in [4.69, 9.17) is 9.47 Å². The molecule has 0 unspecified atom stereocenters. The molecule has 0 atom stereocenters. The van der Waals surface area contributed by atoms with Crippen LogP contribution in [0.2, 0.25) is 0 Å². The molecule has 5 nitrogen and oxygen atoms in total. The molecule has 142 valence electrons. The summed E-state index contributed by atoms with van der Waals surface area (Å²) < 4.78 is 11.2. The molecule has 0 saturated carbocycles. The molecule has 28 heavy (non-hydrogen) atoms. The summed E-state index contributed by atoms with van der Waals surface area (Å²) >= 11 is 0. The lowest BCUT2D eigenvalue weighted by Gasteiger charge is -2.30. The highest BCUT2D eigenvalue weighted by Gasteiger charge is 2.26. The maximum atomic E-state index is 12.6. The summed E-state index contributed by atoms with van der Waals surface area (Å²) in [5.74, 6) is 1.51. The van der Waals surface area contributed by atoms with Gasteiger partial charge in [-0.3, -0.25) is 4.79 Å². The van der Waals surface area contributed by atoms with Crippen molar-refractivity contribution in [2.45, 2.75) is 26.0 Å². The number of rotatable bonds is 6. The van der Waals surface area contributed by atoms with Gasteiger partial charge in [0, 0.05) is 24.2 Å². The van der Waals surface area contributed by atoms with E-state index < -0.39 is 0 Å². The first-order valence-electron chi connectivity index (χ1n) is 9.32. The number of carbonyl (C=O) groups excluding carboxylic acids is 1. The van der Waals surface area contributed by atoms with Gasteiger partial charge >= 0.3 is 0 Å². The van der Waals surface area contributed by atoms with Crippen molar-refractivity contribution in [2.75, 3.05) is 12.0 Å². The lowest BCUT2D eigenvalue weighted by molar-refractivity contribution is -0.119. The van der Waals surface area contributed by atoms with Crippen molar-refractivity contribution >= 4 is 11.6 Å². The molecule has 3 aromatic rings. The Hall–Kier alpha value is -3.34. The maximum Gasteiger partial charge on any atom is 0.227 e. The lowest BCUT2D eigenvalue weighted by Crippen LogP contribution is -2.34. The van der Waals surface area contributed by atoms with E-state index in [0.717, 1.165) is 28.1 Å². The number of methoxy groups -OCH3 is 1. The SMILES string of the molecule is COc1ccc(CN2C(=O)CCc3c(OCc4ccccc4)cccc32)cn1. The summed E-state index contributed by atoms with van der Waals surface area (Å²) in [5, 5.41) is 0. The van der Waals surface area contributed by atoms with Gasteiger partial charge in [0.15, 0.2) is 0 Å². The van der Waals surface area contributed by atoms with Crippen molar-refractivity contribution in [3.8, 4) is 11.6 Å². The fourth-order valence-corrected chi connectivity index (χ4v) is 3.41. The first-order valence-corrected chi connectivity index (χ1v) is 9.32. The Morgan fingerprint density at radius 2 is 1.82 bits per heavy atom. The molecular weight excluding hydrogens is 352 g/mol. The first kappa shape index (κ1) is 18.0. The largest absolute Gasteiger partial charge is 0.489 e. The Kier molecular flexibility index (Phi) is 5.24. The maximum absolute atomic E-state index is 12.6. The van der Waals surface area contributed by atoms with Crippen LogP contribution in [0, 0.1) is 0 Å². The molecule has 0 radical (unpaired) electrons. The summed E-state index contributed by atoms with van der Waals surface area (Å²) in [6, 6.07) is 19.7. The average molecular weight is 374 g/mol. The highest BCUT2D eigenvalue weighted by Crippen LogP contribution is 2.36. The number of benzene rings is 2. The number of hydrogen-bond donors (Lipinski definition) is 0. The van der Waals surface area contributed by atoms with Gasteiger partial charge in [-0.05, 0) is 29.7 Å². The number of aromatic nitrogens is 1. The second-order valence-corrected chi connectivity index (χ2v) is 6.72. The summed E-state index contributed by atoms with van der Waals surface area (Å²) in [7, 11) is 1.59. The lowest BCUT2D eigenvalue weighted by atomic mass is 9.99. The Bertz CT molecular complexity index is 955. The first-order chi connectivity index (χ1) is 13.7. The summed E-state index contributed by atoms with van der Waals surface area (Å²) in [6.07, 6.45) is 2.91. The van der Waals surface area contributed by atoms with Gasteiger partial charge in [-0.15, -0.1) is 0 Å². The van der Waals surface area contributed by atoms with Crippen LogP contribution in [0.1, 0.15) is 23.1 Å². The van der Waals surface area contributed by atoms with Crippen molar-refractivity contribution in [1.29, 1.82) is 0 Å². The zero-order chi connectivity index (χ0) is 19.3. The van der Waals surface area contributed by atoms with E-state index in [1.54, 1.807) is 13.3 Å². The molecule has 0 saturated heterocycles. The third-order valence-electron chi connectivity index (χ3n) is 4.87. The third kappa shape index (κ3) is 3.83. The minimum atomic E-state index is 0.114. The second-order valence-electron chi connectivity index (χ2n) is 6.72. The van der Waals surface area contributed by atoms with Gasteiger partial charge in [0.2, 0.25) is 11.8 Å². The Morgan fingerprint density at radius 3 is 2.57 bits per heavy atom. The van der Waals surface area contributed by atoms with Crippen LogP contribution in [-0.4, -0.2) is 18.0 Å². The van der Waals surface area contributed by atoms with Crippen LogP contribution >= 0.6 is 0 Å². The smallest absolute Gasteiger partial charge is 0.227 e. The summed E-state index contributed by atoms with van der Waals surface area (Å²) in [6.45, 7) is 0.985. The molecular formula is C23H22N2O3. The van der Waals surface area contributed by atoms with Crippen molar-refractivity contribution in [3.05, 3.63) is 83.6 Å². The van der Waals surface area contributed by atoms with Crippen LogP contribution in [0.15, 0.2) is 66.9 Å². The number of ether oxygens (including phenoxy) is 2. The minimum absolute atomic E-state index is 0.114. The van der Waals surface area contributed by atoms with Crippen LogP contribution in [0.4, 0.5) is 5.69 Å². The number of hydrogen-bond acceptors (Lipinski definition) is 4. The predicted octanol–water partition coefficient (Wildman–Crippen LogP) is 4.15. The highest BCUT2D eigenvalue weighted by molar-refractivity contribution is 5.96. The molecule has 2 aromatic carbocycles. The van der Waals surface area contributed by atoms with E-state index in [1.807, 2.05) is 65.6 Å². The van der Waals surface area contributed by atoms with E-state index in [0.29, 0.717) is 31.9 Å². The van der Waals surface area contributed by atoms with Crippen LogP contribution in [0.25, 0.3) is 0 Å². The van der Waals surface area contributed by atoms with E-state index >= 15 is 0 Å². The molecule has 2 heterocycles. The molecule has 0 N–H and O–H groups in total. The number of anilines is 1. The number of fused-ring (bicyclic) bond motifs is 1. The average Bonchev–Trinajstić information content (AvgIpc) is 2.75. The van der Waals surface area contributed by atoms with Crippen LogP contribution in [-0.2, 0) is 24.4 Å².